The predicted octanol–water partition coefficient (Wildman–Crippen LogP) is 2.32. The molecule has 2 heterocycles. The molecular weight excluding hydrogens is 370 g/mol. The number of hydrogen-bond donors (Lipinski definition) is 2. The molecule has 2 N–H and O–H groups in total. The molecule has 1 unspecified atom stereocenters. The summed E-state index contributed by atoms with van der Waals surface area (Å²) in [6.07, 6.45) is 1.91. The Morgan fingerprint density at radius 1 is 1.14 bits per heavy atom. The molecule has 0 bridgehead atoms. The lowest BCUT2D eigenvalue weighted by atomic mass is 10.1. The second kappa shape index (κ2) is 9.07. The lowest BCUT2D eigenvalue weighted by molar-refractivity contribution is 0.110. The number of nitrogens with one attached hydrogen (secondary N) is 2. The Balaban J connectivity index is 1.37. The van der Waals surface area contributed by atoms with Gasteiger partial charge in [-0.3, -0.25) is 0 Å². The first kappa shape index (κ1) is 20.2. The highest BCUT2D eigenvalue weighted by atomic mass is 19.2. The molecule has 3 amide bonds. The van der Waals surface area contributed by atoms with Crippen molar-refractivity contribution in [3.63, 3.8) is 0 Å². The Morgan fingerprint density at radius 2 is 1.89 bits per heavy atom. The van der Waals surface area contributed by atoms with E-state index < -0.39 is 11.6 Å². The van der Waals surface area contributed by atoms with Gasteiger partial charge in [0.1, 0.15) is 0 Å². The first-order valence-corrected chi connectivity index (χ1v) is 9.53. The zero-order valence-corrected chi connectivity index (χ0v) is 15.9. The smallest absolute Gasteiger partial charge is 0.409 e. The summed E-state index contributed by atoms with van der Waals surface area (Å²) in [5, 5.41) is 5.84. The zero-order valence-electron chi connectivity index (χ0n) is 15.9. The minimum atomic E-state index is -0.852. The molecule has 154 valence electrons. The summed E-state index contributed by atoms with van der Waals surface area (Å²) < 4.78 is 31.2. The molecule has 1 aromatic carbocycles. The van der Waals surface area contributed by atoms with Gasteiger partial charge in [-0.2, -0.15) is 0 Å². The quantitative estimate of drug-likeness (QED) is 0.819. The van der Waals surface area contributed by atoms with Crippen LogP contribution in [0, 0.1) is 17.6 Å². The zero-order chi connectivity index (χ0) is 20.1. The van der Waals surface area contributed by atoms with Gasteiger partial charge in [0.15, 0.2) is 11.6 Å². The van der Waals surface area contributed by atoms with E-state index in [0.717, 1.165) is 19.0 Å². The number of hydrogen-bond acceptors (Lipinski definition) is 4. The Bertz CT molecular complexity index is 710. The molecule has 28 heavy (non-hydrogen) atoms. The summed E-state index contributed by atoms with van der Waals surface area (Å²) in [7, 11) is 1.36. The van der Waals surface area contributed by atoms with Gasteiger partial charge in [-0.05, 0) is 37.3 Å². The number of anilines is 1. The summed E-state index contributed by atoms with van der Waals surface area (Å²) in [5.74, 6) is -1.45. The number of methoxy groups -OCH3 is 1. The van der Waals surface area contributed by atoms with E-state index in [-0.39, 0.29) is 24.1 Å². The van der Waals surface area contributed by atoms with Crippen LogP contribution in [0.2, 0.25) is 0 Å². The summed E-state index contributed by atoms with van der Waals surface area (Å²) in [6.45, 7) is 3.06. The number of likely N-dealkylation sites (tertiary alicyclic amines) is 1. The molecule has 2 aliphatic heterocycles. The van der Waals surface area contributed by atoms with Crippen LogP contribution in [0.1, 0.15) is 19.3 Å². The van der Waals surface area contributed by atoms with Crippen molar-refractivity contribution < 1.29 is 23.1 Å². The van der Waals surface area contributed by atoms with Crippen molar-refractivity contribution in [3.05, 3.63) is 29.8 Å². The third-order valence-corrected chi connectivity index (χ3v) is 5.37. The number of benzene rings is 1. The topological polar surface area (TPSA) is 73.9 Å². The van der Waals surface area contributed by atoms with Crippen LogP contribution in [-0.4, -0.2) is 62.9 Å². The maximum absolute atomic E-state index is 13.4. The maximum Gasteiger partial charge on any atom is 0.409 e. The van der Waals surface area contributed by atoms with Crippen LogP contribution in [-0.2, 0) is 4.74 Å². The van der Waals surface area contributed by atoms with E-state index in [0.29, 0.717) is 44.7 Å². The van der Waals surface area contributed by atoms with Gasteiger partial charge in [0.2, 0.25) is 0 Å². The fourth-order valence-corrected chi connectivity index (χ4v) is 3.72. The third-order valence-electron chi connectivity index (χ3n) is 5.37. The third kappa shape index (κ3) is 5.02. The molecule has 0 aromatic heterocycles. The molecule has 1 aromatic rings. The highest BCUT2D eigenvalue weighted by Crippen LogP contribution is 2.25. The predicted molar refractivity (Wildman–Crippen MR) is 100 cm³/mol. The van der Waals surface area contributed by atoms with E-state index in [1.54, 1.807) is 11.0 Å². The van der Waals surface area contributed by atoms with E-state index >= 15 is 0 Å². The average Bonchev–Trinajstić information content (AvgIpc) is 3.17. The van der Waals surface area contributed by atoms with Gasteiger partial charge in [-0.25, -0.2) is 18.4 Å². The van der Waals surface area contributed by atoms with Crippen LogP contribution in [0.5, 0.6) is 0 Å². The summed E-state index contributed by atoms with van der Waals surface area (Å²) >= 11 is 0. The molecule has 0 aliphatic carbocycles. The van der Waals surface area contributed by atoms with Crippen molar-refractivity contribution in [2.24, 2.45) is 5.92 Å². The van der Waals surface area contributed by atoms with Gasteiger partial charge < -0.3 is 25.2 Å². The second-order valence-corrected chi connectivity index (χ2v) is 7.28. The minimum absolute atomic E-state index is 0.0307. The number of halogens is 2. The fraction of sp³-hybridized carbons (Fsp3) is 0.579. The van der Waals surface area contributed by atoms with Crippen molar-refractivity contribution >= 4 is 17.8 Å². The number of carbonyl (C=O) groups excluding carboxylic acids is 2. The molecule has 7 nitrogen and oxygen atoms in total. The molecule has 3 rings (SSSR count). The highest BCUT2D eigenvalue weighted by molar-refractivity contribution is 5.74. The number of piperidine rings is 1. The van der Waals surface area contributed by atoms with Crippen LogP contribution in [0.15, 0.2) is 18.2 Å². The summed E-state index contributed by atoms with van der Waals surface area (Å²) in [4.78, 5) is 27.2. The Hall–Kier alpha value is -2.58. The van der Waals surface area contributed by atoms with E-state index in [2.05, 4.69) is 10.6 Å². The molecule has 2 saturated heterocycles. The van der Waals surface area contributed by atoms with Crippen LogP contribution >= 0.6 is 0 Å². The molecule has 0 saturated carbocycles. The molecule has 9 heteroatoms. The maximum atomic E-state index is 13.4. The van der Waals surface area contributed by atoms with Gasteiger partial charge in [-0.1, -0.05) is 0 Å². The van der Waals surface area contributed by atoms with Crippen molar-refractivity contribution in [2.75, 3.05) is 44.7 Å². The van der Waals surface area contributed by atoms with E-state index in [9.17, 15) is 18.4 Å². The first-order valence-electron chi connectivity index (χ1n) is 9.53. The van der Waals surface area contributed by atoms with E-state index in [1.165, 1.54) is 13.2 Å². The molecule has 2 fully saturated rings. The summed E-state index contributed by atoms with van der Waals surface area (Å²) in [5.41, 5.74) is 0.656. The lowest BCUT2D eigenvalue weighted by Gasteiger charge is -2.31. The molecular formula is C19H26F2N4O3. The van der Waals surface area contributed by atoms with Crippen molar-refractivity contribution in [1.29, 1.82) is 0 Å². The van der Waals surface area contributed by atoms with Crippen molar-refractivity contribution in [2.45, 2.75) is 25.3 Å². The number of ether oxygens (including phenoxy) is 1. The van der Waals surface area contributed by atoms with Crippen molar-refractivity contribution in [1.82, 2.24) is 15.5 Å². The number of amides is 3. The van der Waals surface area contributed by atoms with Crippen LogP contribution in [0.3, 0.4) is 0 Å². The van der Waals surface area contributed by atoms with E-state index in [1.807, 2.05) is 4.90 Å². The SMILES string of the molecule is COC(=O)N1CCC(NC(=O)NCC2CCN(c3ccc(F)c(F)c3)C2)CC1. The number of urea groups is 1. The minimum Gasteiger partial charge on any atom is -0.453 e. The molecule has 1 atom stereocenters. The van der Waals surface area contributed by atoms with Crippen molar-refractivity contribution in [3.8, 4) is 0 Å². The molecule has 0 spiro atoms. The number of nitrogens with zero attached hydrogens (tertiary/aromatic N) is 2. The van der Waals surface area contributed by atoms with Gasteiger partial charge in [0.25, 0.3) is 0 Å². The van der Waals surface area contributed by atoms with Gasteiger partial charge >= 0.3 is 12.1 Å². The van der Waals surface area contributed by atoms with E-state index in [4.69, 9.17) is 4.74 Å². The van der Waals surface area contributed by atoms with Gasteiger partial charge in [-0.15, -0.1) is 0 Å². The van der Waals surface area contributed by atoms with Gasteiger partial charge in [0, 0.05) is 50.5 Å². The Kier molecular flexibility index (Phi) is 6.53. The normalized spacial score (nSPS) is 20.2. The monoisotopic (exact) mass is 396 g/mol. The summed E-state index contributed by atoms with van der Waals surface area (Å²) in [6, 6.07) is 3.72. The lowest BCUT2D eigenvalue weighted by Crippen LogP contribution is -2.49. The largest absolute Gasteiger partial charge is 0.453 e. The fourth-order valence-electron chi connectivity index (χ4n) is 3.72. The highest BCUT2D eigenvalue weighted by Gasteiger charge is 2.26. The Morgan fingerprint density at radius 3 is 2.57 bits per heavy atom. The Labute approximate surface area is 163 Å². The molecule has 2 aliphatic rings. The molecule has 0 radical (unpaired) electrons. The van der Waals surface area contributed by atoms with Crippen LogP contribution in [0.4, 0.5) is 24.1 Å². The van der Waals surface area contributed by atoms with Crippen LogP contribution < -0.4 is 15.5 Å². The van der Waals surface area contributed by atoms with Crippen LogP contribution in [0.25, 0.3) is 0 Å². The number of rotatable bonds is 4. The standard InChI is InChI=1S/C19H26F2N4O3/c1-28-19(27)24-8-5-14(6-9-24)23-18(26)22-11-13-4-7-25(12-13)15-2-3-16(20)17(21)10-15/h2-3,10,13-14H,4-9,11-12H2,1H3,(H2,22,23,26). The number of carbonyl (C=O) groups is 2. The average molecular weight is 396 g/mol. The van der Waals surface area contributed by atoms with Gasteiger partial charge in [0.05, 0.1) is 7.11 Å². The first-order chi connectivity index (χ1) is 13.5. The second-order valence-electron chi connectivity index (χ2n) is 7.28.